The van der Waals surface area contributed by atoms with E-state index >= 15 is 0 Å². The fraction of sp³-hybridized carbons (Fsp3) is 0.524. The summed E-state index contributed by atoms with van der Waals surface area (Å²) in [6.07, 6.45) is 5.56. The average Bonchev–Trinajstić information content (AvgIpc) is 2.92. The molecule has 4 rings (SSSR count). The molecule has 0 aliphatic carbocycles. The average molecular weight is 353 g/mol. The number of amides is 1. The second kappa shape index (κ2) is 7.62. The van der Waals surface area contributed by atoms with Crippen LogP contribution in [0.25, 0.3) is 11.3 Å². The SMILES string of the molecule is C[C@H](C(=O)N1CCCCCC1)N1CCc2onc(-c3ccccc3)c2C1. The van der Waals surface area contributed by atoms with Crippen LogP contribution in [0.4, 0.5) is 0 Å². The Morgan fingerprint density at radius 1 is 1.08 bits per heavy atom. The molecule has 0 bridgehead atoms. The molecule has 26 heavy (non-hydrogen) atoms. The molecule has 1 atom stereocenters. The van der Waals surface area contributed by atoms with Crippen LogP contribution in [0.15, 0.2) is 34.9 Å². The van der Waals surface area contributed by atoms with Crippen LogP contribution in [0.2, 0.25) is 0 Å². The summed E-state index contributed by atoms with van der Waals surface area (Å²) in [5.74, 6) is 1.24. The molecule has 0 spiro atoms. The molecular formula is C21H27N3O2. The van der Waals surface area contributed by atoms with Gasteiger partial charge in [0.25, 0.3) is 0 Å². The van der Waals surface area contributed by atoms with Crippen LogP contribution < -0.4 is 0 Å². The van der Waals surface area contributed by atoms with E-state index in [4.69, 9.17) is 4.52 Å². The summed E-state index contributed by atoms with van der Waals surface area (Å²) in [5.41, 5.74) is 3.13. The smallest absolute Gasteiger partial charge is 0.239 e. The van der Waals surface area contributed by atoms with E-state index in [-0.39, 0.29) is 11.9 Å². The first-order valence-corrected chi connectivity index (χ1v) is 9.79. The molecule has 0 N–H and O–H groups in total. The summed E-state index contributed by atoms with van der Waals surface area (Å²) < 4.78 is 5.59. The predicted molar refractivity (Wildman–Crippen MR) is 101 cm³/mol. The van der Waals surface area contributed by atoms with Gasteiger partial charge >= 0.3 is 0 Å². The standard InChI is InChI=1S/C21H27N3O2/c1-16(21(25)23-12-7-2-3-8-13-23)24-14-11-19-18(15-24)20(22-26-19)17-9-5-4-6-10-17/h4-6,9-10,16H,2-3,7-8,11-15H2,1H3/t16-/m1/s1. The maximum Gasteiger partial charge on any atom is 0.239 e. The highest BCUT2D eigenvalue weighted by molar-refractivity contribution is 5.81. The van der Waals surface area contributed by atoms with Gasteiger partial charge in [0.1, 0.15) is 11.5 Å². The number of fused-ring (bicyclic) bond motifs is 1. The maximum absolute atomic E-state index is 13.0. The van der Waals surface area contributed by atoms with Gasteiger partial charge in [-0.25, -0.2) is 0 Å². The zero-order valence-electron chi connectivity index (χ0n) is 15.5. The van der Waals surface area contributed by atoms with Gasteiger partial charge in [0, 0.05) is 43.7 Å². The first-order chi connectivity index (χ1) is 12.7. The summed E-state index contributed by atoms with van der Waals surface area (Å²) >= 11 is 0. The van der Waals surface area contributed by atoms with Crippen molar-refractivity contribution in [3.8, 4) is 11.3 Å². The van der Waals surface area contributed by atoms with Crippen LogP contribution in [0.3, 0.4) is 0 Å². The van der Waals surface area contributed by atoms with Gasteiger partial charge in [-0.2, -0.15) is 0 Å². The van der Waals surface area contributed by atoms with E-state index in [0.717, 1.165) is 68.0 Å². The van der Waals surface area contributed by atoms with Gasteiger partial charge in [-0.3, -0.25) is 9.69 Å². The van der Waals surface area contributed by atoms with Crippen molar-refractivity contribution in [1.29, 1.82) is 0 Å². The fourth-order valence-electron chi connectivity index (χ4n) is 4.09. The Morgan fingerprint density at radius 3 is 2.54 bits per heavy atom. The monoisotopic (exact) mass is 353 g/mol. The van der Waals surface area contributed by atoms with E-state index in [1.54, 1.807) is 0 Å². The van der Waals surface area contributed by atoms with E-state index in [1.807, 2.05) is 25.1 Å². The number of carbonyl (C=O) groups excluding carboxylic acids is 1. The third-order valence-corrected chi connectivity index (χ3v) is 5.73. The zero-order valence-corrected chi connectivity index (χ0v) is 15.5. The van der Waals surface area contributed by atoms with Crippen LogP contribution in [0.5, 0.6) is 0 Å². The van der Waals surface area contributed by atoms with Gasteiger partial charge in [-0.15, -0.1) is 0 Å². The molecule has 1 aromatic carbocycles. The Balaban J connectivity index is 1.51. The minimum absolute atomic E-state index is 0.0974. The molecule has 0 saturated carbocycles. The Kier molecular flexibility index (Phi) is 5.07. The molecule has 2 aliphatic heterocycles. The Morgan fingerprint density at radius 2 is 1.81 bits per heavy atom. The Bertz CT molecular complexity index is 748. The molecule has 3 heterocycles. The third kappa shape index (κ3) is 3.40. The molecule has 2 aliphatic rings. The lowest BCUT2D eigenvalue weighted by Crippen LogP contribution is -2.48. The van der Waals surface area contributed by atoms with Crippen molar-refractivity contribution in [3.63, 3.8) is 0 Å². The minimum atomic E-state index is -0.0974. The Hall–Kier alpha value is -2.14. The largest absolute Gasteiger partial charge is 0.360 e. The van der Waals surface area contributed by atoms with Crippen molar-refractivity contribution in [2.75, 3.05) is 19.6 Å². The van der Waals surface area contributed by atoms with Gasteiger partial charge in [0.2, 0.25) is 5.91 Å². The maximum atomic E-state index is 13.0. The number of hydrogen-bond donors (Lipinski definition) is 0. The van der Waals surface area contributed by atoms with Crippen molar-refractivity contribution >= 4 is 5.91 Å². The quantitative estimate of drug-likeness (QED) is 0.847. The van der Waals surface area contributed by atoms with E-state index in [0.29, 0.717) is 0 Å². The second-order valence-corrected chi connectivity index (χ2v) is 7.43. The highest BCUT2D eigenvalue weighted by Crippen LogP contribution is 2.30. The normalized spacial score (nSPS) is 19.7. The number of carbonyl (C=O) groups is 1. The van der Waals surface area contributed by atoms with Gasteiger partial charge in [0.05, 0.1) is 6.04 Å². The molecule has 5 nitrogen and oxygen atoms in total. The summed E-state index contributed by atoms with van der Waals surface area (Å²) in [7, 11) is 0. The van der Waals surface area contributed by atoms with Gasteiger partial charge in [0.15, 0.2) is 0 Å². The minimum Gasteiger partial charge on any atom is -0.360 e. The van der Waals surface area contributed by atoms with E-state index < -0.39 is 0 Å². The van der Waals surface area contributed by atoms with Crippen LogP contribution >= 0.6 is 0 Å². The molecule has 2 aromatic rings. The van der Waals surface area contributed by atoms with Crippen LogP contribution in [-0.2, 0) is 17.8 Å². The Labute approximate surface area is 155 Å². The molecule has 5 heteroatoms. The van der Waals surface area contributed by atoms with Crippen molar-refractivity contribution in [1.82, 2.24) is 15.0 Å². The lowest BCUT2D eigenvalue weighted by Gasteiger charge is -2.34. The lowest BCUT2D eigenvalue weighted by molar-refractivity contribution is -0.136. The van der Waals surface area contributed by atoms with Crippen LogP contribution in [-0.4, -0.2) is 46.5 Å². The molecule has 1 fully saturated rings. The highest BCUT2D eigenvalue weighted by atomic mass is 16.5. The topological polar surface area (TPSA) is 49.6 Å². The molecule has 1 aromatic heterocycles. The number of aromatic nitrogens is 1. The molecule has 0 unspecified atom stereocenters. The number of likely N-dealkylation sites (tertiary alicyclic amines) is 1. The van der Waals surface area contributed by atoms with E-state index in [1.165, 1.54) is 12.8 Å². The van der Waals surface area contributed by atoms with Crippen LogP contribution in [0, 0.1) is 0 Å². The van der Waals surface area contributed by atoms with Crippen molar-refractivity contribution in [2.45, 2.75) is 51.6 Å². The zero-order chi connectivity index (χ0) is 17.9. The molecule has 1 saturated heterocycles. The van der Waals surface area contributed by atoms with Gasteiger partial charge in [-0.1, -0.05) is 48.3 Å². The number of hydrogen-bond acceptors (Lipinski definition) is 4. The summed E-state index contributed by atoms with van der Waals surface area (Å²) in [4.78, 5) is 17.3. The summed E-state index contributed by atoms with van der Waals surface area (Å²) in [6, 6.07) is 10.1. The van der Waals surface area contributed by atoms with E-state index in [2.05, 4.69) is 27.1 Å². The van der Waals surface area contributed by atoms with Gasteiger partial charge in [-0.05, 0) is 19.8 Å². The summed E-state index contributed by atoms with van der Waals surface area (Å²) in [6.45, 7) is 5.44. The number of nitrogens with zero attached hydrogens (tertiary/aromatic N) is 3. The highest BCUT2D eigenvalue weighted by Gasteiger charge is 2.32. The van der Waals surface area contributed by atoms with Crippen molar-refractivity contribution < 1.29 is 9.32 Å². The lowest BCUT2D eigenvalue weighted by atomic mass is 10.00. The summed E-state index contributed by atoms with van der Waals surface area (Å²) in [5, 5.41) is 4.31. The van der Waals surface area contributed by atoms with Crippen molar-refractivity contribution in [3.05, 3.63) is 41.7 Å². The number of rotatable bonds is 3. The second-order valence-electron chi connectivity index (χ2n) is 7.43. The predicted octanol–water partition coefficient (Wildman–Crippen LogP) is 3.49. The first kappa shape index (κ1) is 17.3. The fourth-order valence-corrected chi connectivity index (χ4v) is 4.09. The molecule has 138 valence electrons. The van der Waals surface area contributed by atoms with Crippen LogP contribution in [0.1, 0.15) is 43.9 Å². The van der Waals surface area contributed by atoms with E-state index in [9.17, 15) is 4.79 Å². The van der Waals surface area contributed by atoms with Gasteiger partial charge < -0.3 is 9.42 Å². The molecule has 0 radical (unpaired) electrons. The molecular weight excluding hydrogens is 326 g/mol. The first-order valence-electron chi connectivity index (χ1n) is 9.79. The third-order valence-electron chi connectivity index (χ3n) is 5.73. The van der Waals surface area contributed by atoms with Crippen molar-refractivity contribution in [2.24, 2.45) is 0 Å². The molecule has 1 amide bonds. The number of benzene rings is 1.